The van der Waals surface area contributed by atoms with Gasteiger partial charge in [0.2, 0.25) is 5.91 Å². The van der Waals surface area contributed by atoms with Crippen LogP contribution in [-0.2, 0) is 17.6 Å². The van der Waals surface area contributed by atoms with E-state index in [1.54, 1.807) is 12.3 Å². The van der Waals surface area contributed by atoms with Gasteiger partial charge in [-0.1, -0.05) is 11.6 Å². The van der Waals surface area contributed by atoms with E-state index in [2.05, 4.69) is 10.3 Å². The summed E-state index contributed by atoms with van der Waals surface area (Å²) in [6, 6.07) is 9.35. The Morgan fingerprint density at radius 3 is 2.78 bits per heavy atom. The SMILES string of the molecule is Cc1coc2cc3oc(=O)c(CC(=O)NCCc4c[nH]c5ccc(Cl)cc45)c(C)c3cc12. The number of hydrogen-bond acceptors (Lipinski definition) is 4. The van der Waals surface area contributed by atoms with Gasteiger partial charge < -0.3 is 19.1 Å². The van der Waals surface area contributed by atoms with E-state index in [1.807, 2.05) is 44.3 Å². The maximum atomic E-state index is 12.6. The number of rotatable bonds is 5. The van der Waals surface area contributed by atoms with Crippen molar-refractivity contribution in [3.8, 4) is 0 Å². The van der Waals surface area contributed by atoms with E-state index in [4.69, 9.17) is 20.4 Å². The molecule has 0 aliphatic rings. The first-order valence-electron chi connectivity index (χ1n) is 10.4. The molecule has 0 aliphatic heterocycles. The molecule has 5 aromatic rings. The highest BCUT2D eigenvalue weighted by molar-refractivity contribution is 6.31. The van der Waals surface area contributed by atoms with Crippen LogP contribution < -0.4 is 10.9 Å². The predicted octanol–water partition coefficient (Wildman–Crippen LogP) is 5.19. The summed E-state index contributed by atoms with van der Waals surface area (Å²) in [7, 11) is 0. The van der Waals surface area contributed by atoms with E-state index in [-0.39, 0.29) is 12.3 Å². The molecule has 32 heavy (non-hydrogen) atoms. The van der Waals surface area contributed by atoms with Crippen molar-refractivity contribution in [2.75, 3.05) is 6.54 Å². The van der Waals surface area contributed by atoms with Crippen molar-refractivity contribution in [1.82, 2.24) is 10.3 Å². The smallest absolute Gasteiger partial charge is 0.340 e. The summed E-state index contributed by atoms with van der Waals surface area (Å²) in [6.07, 6.45) is 4.21. The number of hydrogen-bond donors (Lipinski definition) is 2. The molecule has 0 fully saturated rings. The van der Waals surface area contributed by atoms with Gasteiger partial charge in [-0.2, -0.15) is 0 Å². The van der Waals surface area contributed by atoms with Crippen molar-refractivity contribution in [3.63, 3.8) is 0 Å². The standard InChI is InChI=1S/C25H21ClN2O4/c1-13-12-31-22-10-23-18(8-17(13)22)14(2)19(25(30)32-23)9-24(29)27-6-5-15-11-28-21-4-3-16(26)7-20(15)21/h3-4,7-8,10-12,28H,5-6,9H2,1-2H3,(H,27,29). The van der Waals surface area contributed by atoms with Gasteiger partial charge in [0.05, 0.1) is 18.2 Å². The molecule has 3 aromatic heterocycles. The maximum absolute atomic E-state index is 12.6. The number of halogens is 1. The average molecular weight is 449 g/mol. The Labute approximate surface area is 188 Å². The van der Waals surface area contributed by atoms with Crippen molar-refractivity contribution in [3.05, 3.63) is 80.5 Å². The summed E-state index contributed by atoms with van der Waals surface area (Å²) >= 11 is 6.10. The zero-order valence-corrected chi connectivity index (χ0v) is 18.4. The number of nitrogens with one attached hydrogen (secondary N) is 2. The Morgan fingerprint density at radius 1 is 1.09 bits per heavy atom. The van der Waals surface area contributed by atoms with Crippen LogP contribution in [0.5, 0.6) is 0 Å². The summed E-state index contributed by atoms with van der Waals surface area (Å²) in [5.74, 6) is -0.224. The molecular formula is C25H21ClN2O4. The van der Waals surface area contributed by atoms with Crippen molar-refractivity contribution >= 4 is 50.3 Å². The molecule has 7 heteroatoms. The fourth-order valence-electron chi connectivity index (χ4n) is 4.16. The number of benzene rings is 2. The quantitative estimate of drug-likeness (QED) is 0.362. The molecule has 0 saturated heterocycles. The van der Waals surface area contributed by atoms with E-state index >= 15 is 0 Å². The summed E-state index contributed by atoms with van der Waals surface area (Å²) in [5.41, 5.74) is 4.82. The zero-order valence-electron chi connectivity index (χ0n) is 17.7. The van der Waals surface area contributed by atoms with Crippen molar-refractivity contribution in [2.45, 2.75) is 26.7 Å². The number of H-pyrrole nitrogens is 1. The molecule has 2 N–H and O–H groups in total. The van der Waals surface area contributed by atoms with Gasteiger partial charge >= 0.3 is 5.63 Å². The number of aromatic amines is 1. The number of furan rings is 1. The minimum atomic E-state index is -0.501. The van der Waals surface area contributed by atoms with Crippen molar-refractivity contribution in [2.24, 2.45) is 0 Å². The minimum Gasteiger partial charge on any atom is -0.464 e. The van der Waals surface area contributed by atoms with Gasteiger partial charge in [-0.3, -0.25) is 4.79 Å². The summed E-state index contributed by atoms with van der Waals surface area (Å²) < 4.78 is 11.0. The van der Waals surface area contributed by atoms with E-state index in [0.717, 1.165) is 38.4 Å². The molecule has 0 radical (unpaired) electrons. The van der Waals surface area contributed by atoms with Gasteiger partial charge in [-0.25, -0.2) is 4.79 Å². The lowest BCUT2D eigenvalue weighted by Gasteiger charge is -2.09. The van der Waals surface area contributed by atoms with Gasteiger partial charge in [-0.05, 0) is 61.2 Å². The highest BCUT2D eigenvalue weighted by Crippen LogP contribution is 2.29. The highest BCUT2D eigenvalue weighted by atomic mass is 35.5. The van der Waals surface area contributed by atoms with Crippen molar-refractivity contribution < 1.29 is 13.6 Å². The highest BCUT2D eigenvalue weighted by Gasteiger charge is 2.17. The largest absolute Gasteiger partial charge is 0.464 e. The average Bonchev–Trinajstić information content (AvgIpc) is 3.33. The molecule has 3 heterocycles. The lowest BCUT2D eigenvalue weighted by Crippen LogP contribution is -2.29. The minimum absolute atomic E-state index is 0.0355. The molecule has 1 amide bonds. The number of aryl methyl sites for hydroxylation is 2. The van der Waals surface area contributed by atoms with Crippen LogP contribution in [0, 0.1) is 13.8 Å². The van der Waals surface area contributed by atoms with Crippen LogP contribution in [0.25, 0.3) is 32.8 Å². The molecule has 6 nitrogen and oxygen atoms in total. The van der Waals surface area contributed by atoms with Gasteiger partial charge in [0, 0.05) is 45.5 Å². The van der Waals surface area contributed by atoms with E-state index in [9.17, 15) is 9.59 Å². The number of carbonyl (C=O) groups is 1. The van der Waals surface area contributed by atoms with Crippen LogP contribution in [-0.4, -0.2) is 17.4 Å². The number of fused-ring (bicyclic) bond motifs is 3. The molecule has 2 aromatic carbocycles. The molecular weight excluding hydrogens is 428 g/mol. The monoisotopic (exact) mass is 448 g/mol. The number of aromatic nitrogens is 1. The first-order chi connectivity index (χ1) is 15.4. The second kappa shape index (κ2) is 7.88. The summed E-state index contributed by atoms with van der Waals surface area (Å²) in [4.78, 5) is 28.4. The molecule has 162 valence electrons. The van der Waals surface area contributed by atoms with Crippen LogP contribution in [0.4, 0.5) is 0 Å². The molecule has 0 aliphatic carbocycles. The number of carbonyl (C=O) groups excluding carboxylic acids is 1. The van der Waals surface area contributed by atoms with Gasteiger partial charge in [-0.15, -0.1) is 0 Å². The first kappa shape index (κ1) is 20.4. The van der Waals surface area contributed by atoms with Crippen LogP contribution in [0.15, 0.2) is 56.4 Å². The molecule has 0 unspecified atom stereocenters. The summed E-state index contributed by atoms with van der Waals surface area (Å²) in [5, 5.41) is 6.38. The van der Waals surface area contributed by atoms with Crippen LogP contribution >= 0.6 is 11.6 Å². The lowest BCUT2D eigenvalue weighted by atomic mass is 10.0. The third-order valence-electron chi connectivity index (χ3n) is 5.96. The van der Waals surface area contributed by atoms with E-state index < -0.39 is 5.63 Å². The third-order valence-corrected chi connectivity index (χ3v) is 6.19. The molecule has 0 bridgehead atoms. The molecule has 0 spiro atoms. The summed E-state index contributed by atoms with van der Waals surface area (Å²) in [6.45, 7) is 4.26. The van der Waals surface area contributed by atoms with Crippen LogP contribution in [0.2, 0.25) is 5.02 Å². The number of amides is 1. The fourth-order valence-corrected chi connectivity index (χ4v) is 4.33. The lowest BCUT2D eigenvalue weighted by molar-refractivity contribution is -0.120. The Hall–Kier alpha value is -3.51. The fraction of sp³-hybridized carbons (Fsp3) is 0.200. The second-order valence-electron chi connectivity index (χ2n) is 8.04. The topological polar surface area (TPSA) is 88.2 Å². The van der Waals surface area contributed by atoms with Gasteiger partial charge in [0.15, 0.2) is 0 Å². The van der Waals surface area contributed by atoms with Crippen molar-refractivity contribution in [1.29, 1.82) is 0 Å². The van der Waals surface area contributed by atoms with E-state index in [0.29, 0.717) is 34.7 Å². The predicted molar refractivity (Wildman–Crippen MR) is 125 cm³/mol. The van der Waals surface area contributed by atoms with Gasteiger partial charge in [0.25, 0.3) is 0 Å². The molecule has 0 saturated carbocycles. The van der Waals surface area contributed by atoms with Crippen LogP contribution in [0.3, 0.4) is 0 Å². The Kier molecular flexibility index (Phi) is 5.02. The second-order valence-corrected chi connectivity index (χ2v) is 8.47. The maximum Gasteiger partial charge on any atom is 0.340 e. The first-order valence-corrected chi connectivity index (χ1v) is 10.7. The Morgan fingerprint density at radius 2 is 1.94 bits per heavy atom. The van der Waals surface area contributed by atoms with Crippen LogP contribution in [0.1, 0.15) is 22.3 Å². The molecule has 5 rings (SSSR count). The Bertz CT molecular complexity index is 1560. The zero-order chi connectivity index (χ0) is 22.4. The molecule has 0 atom stereocenters. The van der Waals surface area contributed by atoms with E-state index in [1.165, 1.54) is 0 Å². The van der Waals surface area contributed by atoms with Gasteiger partial charge in [0.1, 0.15) is 11.2 Å². The third kappa shape index (κ3) is 3.56. The normalized spacial score (nSPS) is 11.6. The Balaban J connectivity index is 1.33.